The summed E-state index contributed by atoms with van der Waals surface area (Å²) in [5.74, 6) is 0.981. The van der Waals surface area contributed by atoms with Crippen molar-refractivity contribution in [3.63, 3.8) is 0 Å². The van der Waals surface area contributed by atoms with Crippen molar-refractivity contribution in [2.45, 2.75) is 13.5 Å². The third-order valence-corrected chi connectivity index (χ3v) is 2.53. The smallest absolute Gasteiger partial charge is 0.221 e. The maximum atomic E-state index is 8.71. The number of benzene rings is 1. The summed E-state index contributed by atoms with van der Waals surface area (Å²) in [6.07, 6.45) is 1.68. The summed E-state index contributed by atoms with van der Waals surface area (Å²) in [6, 6.07) is 9.48. The van der Waals surface area contributed by atoms with Crippen LogP contribution in [-0.2, 0) is 6.54 Å². The third kappa shape index (κ3) is 2.74. The minimum atomic E-state index is 0.253. The number of hydrogen-bond acceptors (Lipinski definition) is 5. The summed E-state index contributed by atoms with van der Waals surface area (Å²) < 4.78 is 0. The van der Waals surface area contributed by atoms with Gasteiger partial charge in [-0.3, -0.25) is 0 Å². The number of nitriles is 1. The second kappa shape index (κ2) is 5.15. The van der Waals surface area contributed by atoms with Crippen LogP contribution in [0.5, 0.6) is 0 Å². The highest BCUT2D eigenvalue weighted by atomic mass is 15.1. The van der Waals surface area contributed by atoms with E-state index in [2.05, 4.69) is 21.4 Å². The largest absolute Gasteiger partial charge is 0.368 e. The molecule has 0 saturated heterocycles. The molecule has 18 heavy (non-hydrogen) atoms. The van der Waals surface area contributed by atoms with E-state index in [1.165, 1.54) is 0 Å². The normalized spacial score (nSPS) is 9.78. The van der Waals surface area contributed by atoms with Crippen LogP contribution in [0.15, 0.2) is 30.5 Å². The molecular weight excluding hydrogens is 226 g/mol. The van der Waals surface area contributed by atoms with E-state index in [-0.39, 0.29) is 5.95 Å². The van der Waals surface area contributed by atoms with E-state index in [4.69, 9.17) is 11.0 Å². The van der Waals surface area contributed by atoms with Gasteiger partial charge in [0, 0.05) is 18.3 Å². The van der Waals surface area contributed by atoms with Gasteiger partial charge in [0.25, 0.3) is 0 Å². The number of anilines is 2. The molecule has 0 atom stereocenters. The van der Waals surface area contributed by atoms with E-state index in [1.54, 1.807) is 18.3 Å². The molecule has 2 rings (SSSR count). The molecule has 2 aromatic rings. The molecule has 0 saturated carbocycles. The van der Waals surface area contributed by atoms with Crippen LogP contribution in [0.4, 0.5) is 11.8 Å². The van der Waals surface area contributed by atoms with Crippen molar-refractivity contribution < 1.29 is 0 Å². The quantitative estimate of drug-likeness (QED) is 0.853. The Bertz CT molecular complexity index is 583. The van der Waals surface area contributed by atoms with Crippen molar-refractivity contribution in [2.24, 2.45) is 0 Å². The van der Waals surface area contributed by atoms with Crippen molar-refractivity contribution in [1.29, 1.82) is 5.26 Å². The zero-order chi connectivity index (χ0) is 13.0. The van der Waals surface area contributed by atoms with Gasteiger partial charge in [0.1, 0.15) is 5.82 Å². The fraction of sp³-hybridized carbons (Fsp3) is 0.154. The number of aromatic nitrogens is 2. The van der Waals surface area contributed by atoms with Gasteiger partial charge in [-0.05, 0) is 24.6 Å². The number of nitrogens with one attached hydrogen (secondary N) is 1. The summed E-state index contributed by atoms with van der Waals surface area (Å²) in [5, 5.41) is 11.9. The van der Waals surface area contributed by atoms with Crippen LogP contribution in [0.3, 0.4) is 0 Å². The molecular formula is C13H13N5. The van der Waals surface area contributed by atoms with Gasteiger partial charge in [0.05, 0.1) is 11.6 Å². The number of nitrogen functional groups attached to an aromatic ring is 1. The molecule has 0 amide bonds. The average Bonchev–Trinajstić information content (AvgIpc) is 2.40. The first-order valence-electron chi connectivity index (χ1n) is 5.51. The van der Waals surface area contributed by atoms with Gasteiger partial charge in [0.2, 0.25) is 5.95 Å². The van der Waals surface area contributed by atoms with Gasteiger partial charge < -0.3 is 11.1 Å². The van der Waals surface area contributed by atoms with Gasteiger partial charge in [-0.25, -0.2) is 4.98 Å². The molecule has 0 bridgehead atoms. The Morgan fingerprint density at radius 2 is 2.06 bits per heavy atom. The molecule has 1 heterocycles. The SMILES string of the molecule is Cc1cnc(N)nc1NCc1ccc(C#N)cc1. The Balaban J connectivity index is 2.07. The van der Waals surface area contributed by atoms with Crippen molar-refractivity contribution in [3.8, 4) is 6.07 Å². The highest BCUT2D eigenvalue weighted by Gasteiger charge is 2.01. The summed E-state index contributed by atoms with van der Waals surface area (Å²) in [7, 11) is 0. The standard InChI is InChI=1S/C13H13N5/c1-9-7-17-13(15)18-12(9)16-8-11-4-2-10(6-14)3-5-11/h2-5,7H,8H2,1H3,(H3,15,16,17,18). The number of aryl methyl sites for hydroxylation is 1. The first kappa shape index (κ1) is 11.9. The fourth-order valence-electron chi connectivity index (χ4n) is 1.52. The molecule has 90 valence electrons. The lowest BCUT2D eigenvalue weighted by molar-refractivity contribution is 1.07. The second-order valence-electron chi connectivity index (χ2n) is 3.92. The van der Waals surface area contributed by atoms with Gasteiger partial charge >= 0.3 is 0 Å². The summed E-state index contributed by atoms with van der Waals surface area (Å²) in [6.45, 7) is 2.55. The fourth-order valence-corrected chi connectivity index (χ4v) is 1.52. The van der Waals surface area contributed by atoms with Gasteiger partial charge in [-0.2, -0.15) is 10.2 Å². The van der Waals surface area contributed by atoms with Crippen LogP contribution in [0.1, 0.15) is 16.7 Å². The zero-order valence-corrected chi connectivity index (χ0v) is 10.0. The molecule has 3 N–H and O–H groups in total. The summed E-state index contributed by atoms with van der Waals surface area (Å²) in [4.78, 5) is 8.03. The molecule has 0 radical (unpaired) electrons. The molecule has 1 aromatic heterocycles. The minimum absolute atomic E-state index is 0.253. The lowest BCUT2D eigenvalue weighted by Crippen LogP contribution is -2.06. The van der Waals surface area contributed by atoms with Gasteiger partial charge in [-0.15, -0.1) is 0 Å². The van der Waals surface area contributed by atoms with Crippen molar-refractivity contribution in [2.75, 3.05) is 11.1 Å². The Morgan fingerprint density at radius 1 is 1.33 bits per heavy atom. The third-order valence-electron chi connectivity index (χ3n) is 2.53. The van der Waals surface area contributed by atoms with Crippen LogP contribution < -0.4 is 11.1 Å². The number of nitrogens with zero attached hydrogens (tertiary/aromatic N) is 3. The molecule has 0 fully saturated rings. The second-order valence-corrected chi connectivity index (χ2v) is 3.92. The highest BCUT2D eigenvalue weighted by Crippen LogP contribution is 2.12. The van der Waals surface area contributed by atoms with Gasteiger partial charge in [-0.1, -0.05) is 12.1 Å². The lowest BCUT2D eigenvalue weighted by Gasteiger charge is -2.08. The predicted molar refractivity (Wildman–Crippen MR) is 69.7 cm³/mol. The average molecular weight is 239 g/mol. The molecule has 0 spiro atoms. The van der Waals surface area contributed by atoms with E-state index < -0.39 is 0 Å². The van der Waals surface area contributed by atoms with E-state index in [1.807, 2.05) is 19.1 Å². The van der Waals surface area contributed by atoms with E-state index >= 15 is 0 Å². The van der Waals surface area contributed by atoms with Crippen molar-refractivity contribution >= 4 is 11.8 Å². The molecule has 0 aliphatic carbocycles. The van der Waals surface area contributed by atoms with E-state index in [0.717, 1.165) is 16.9 Å². The Labute approximate surface area is 105 Å². The van der Waals surface area contributed by atoms with Crippen molar-refractivity contribution in [3.05, 3.63) is 47.2 Å². The molecule has 0 unspecified atom stereocenters. The molecule has 0 aliphatic heterocycles. The highest BCUT2D eigenvalue weighted by molar-refractivity contribution is 5.45. The number of hydrogen-bond donors (Lipinski definition) is 2. The summed E-state index contributed by atoms with van der Waals surface area (Å²) >= 11 is 0. The maximum absolute atomic E-state index is 8.71. The summed E-state index contributed by atoms with van der Waals surface area (Å²) in [5.41, 5.74) is 8.21. The van der Waals surface area contributed by atoms with Crippen molar-refractivity contribution in [1.82, 2.24) is 9.97 Å². The molecule has 5 nitrogen and oxygen atoms in total. The Morgan fingerprint density at radius 3 is 2.72 bits per heavy atom. The number of nitrogens with two attached hydrogens (primary N) is 1. The van der Waals surface area contributed by atoms with E-state index in [0.29, 0.717) is 12.1 Å². The topological polar surface area (TPSA) is 87.6 Å². The Hall–Kier alpha value is -2.61. The van der Waals surface area contributed by atoms with Crippen LogP contribution in [-0.4, -0.2) is 9.97 Å². The number of rotatable bonds is 3. The van der Waals surface area contributed by atoms with Crippen LogP contribution >= 0.6 is 0 Å². The van der Waals surface area contributed by atoms with E-state index in [9.17, 15) is 0 Å². The molecule has 0 aliphatic rings. The van der Waals surface area contributed by atoms with Crippen LogP contribution in [0, 0.1) is 18.3 Å². The molecule has 1 aromatic carbocycles. The van der Waals surface area contributed by atoms with Crippen LogP contribution in [0.2, 0.25) is 0 Å². The minimum Gasteiger partial charge on any atom is -0.368 e. The maximum Gasteiger partial charge on any atom is 0.221 e. The zero-order valence-electron chi connectivity index (χ0n) is 10.0. The monoisotopic (exact) mass is 239 g/mol. The predicted octanol–water partition coefficient (Wildman–Crippen LogP) is 1.85. The first-order chi connectivity index (χ1) is 8.69. The lowest BCUT2D eigenvalue weighted by atomic mass is 10.1. The van der Waals surface area contributed by atoms with Crippen LogP contribution in [0.25, 0.3) is 0 Å². The first-order valence-corrected chi connectivity index (χ1v) is 5.51. The van der Waals surface area contributed by atoms with Gasteiger partial charge in [0.15, 0.2) is 0 Å². The molecule has 5 heteroatoms. The Kier molecular flexibility index (Phi) is 3.39.